The van der Waals surface area contributed by atoms with Crippen LogP contribution >= 0.6 is 33.9 Å². The number of hydrogen-bond donors (Lipinski definition) is 1. The van der Waals surface area contributed by atoms with Gasteiger partial charge in [0.05, 0.1) is 4.88 Å². The molecule has 0 radical (unpaired) electrons. The van der Waals surface area contributed by atoms with Crippen molar-refractivity contribution in [3.8, 4) is 0 Å². The minimum Gasteiger partial charge on any atom is -0.362 e. The number of carbonyl (C=O) groups excluding carboxylic acids is 1. The minimum atomic E-state index is 0.0259. The van der Waals surface area contributed by atoms with Gasteiger partial charge in [-0.15, -0.1) is 11.3 Å². The van der Waals surface area contributed by atoms with Crippen molar-refractivity contribution < 1.29 is 4.79 Å². The lowest BCUT2D eigenvalue weighted by Crippen LogP contribution is -1.93. The normalized spacial score (nSPS) is 10.6. The molecule has 1 heterocycles. The molecule has 0 spiro atoms. The summed E-state index contributed by atoms with van der Waals surface area (Å²) >= 11 is 3.70. The number of halogens is 1. The lowest BCUT2D eigenvalue weighted by molar-refractivity contribution is 0.105. The van der Waals surface area contributed by atoms with E-state index >= 15 is 0 Å². The van der Waals surface area contributed by atoms with Gasteiger partial charge in [-0.1, -0.05) is 6.07 Å². The van der Waals surface area contributed by atoms with Gasteiger partial charge in [-0.05, 0) is 58.3 Å². The molecule has 0 atom stereocenters. The second kappa shape index (κ2) is 5.97. The number of carbonyl (C=O) groups is 1. The number of hydrogen-bond acceptors (Lipinski definition) is 3. The van der Waals surface area contributed by atoms with Crippen molar-refractivity contribution in [1.82, 2.24) is 0 Å². The largest absolute Gasteiger partial charge is 0.362 e. The molecule has 0 aliphatic carbocycles. The van der Waals surface area contributed by atoms with Crippen molar-refractivity contribution in [2.75, 3.05) is 5.32 Å². The Hall–Kier alpha value is -1.14. The Morgan fingerprint density at radius 1 is 1.24 bits per heavy atom. The van der Waals surface area contributed by atoms with Gasteiger partial charge < -0.3 is 5.32 Å². The maximum Gasteiger partial charge on any atom is 0.197 e. The molecule has 0 aliphatic heterocycles. The van der Waals surface area contributed by atoms with Crippen LogP contribution in [-0.4, -0.2) is 5.78 Å². The Balaban J connectivity index is 1.94. The van der Waals surface area contributed by atoms with E-state index in [1.807, 2.05) is 41.8 Å². The quantitative estimate of drug-likeness (QED) is 0.507. The number of benzene rings is 1. The summed E-state index contributed by atoms with van der Waals surface area (Å²) in [4.78, 5) is 12.4. The lowest BCUT2D eigenvalue weighted by atomic mass is 10.3. The summed E-state index contributed by atoms with van der Waals surface area (Å²) in [5.41, 5.74) is 0.973. The Bertz CT molecular complexity index is 517. The molecule has 2 nitrogen and oxygen atoms in total. The van der Waals surface area contributed by atoms with E-state index in [1.165, 1.54) is 14.9 Å². The van der Waals surface area contributed by atoms with Crippen molar-refractivity contribution in [3.63, 3.8) is 0 Å². The van der Waals surface area contributed by atoms with Gasteiger partial charge in [0.25, 0.3) is 0 Å². The minimum absolute atomic E-state index is 0.0259. The maximum atomic E-state index is 11.6. The highest BCUT2D eigenvalue weighted by molar-refractivity contribution is 14.1. The van der Waals surface area contributed by atoms with E-state index in [2.05, 4.69) is 27.9 Å². The summed E-state index contributed by atoms with van der Waals surface area (Å²) in [6, 6.07) is 11.7. The molecule has 86 valence electrons. The number of ketones is 1. The standard InChI is InChI=1S/C13H10INOS/c14-10-3-5-11(6-4-10)15-8-7-12(16)13-2-1-9-17-13/h1-9,15H/b8-7+. The van der Waals surface area contributed by atoms with Gasteiger partial charge in [0.1, 0.15) is 0 Å². The Kier molecular flexibility index (Phi) is 4.33. The highest BCUT2D eigenvalue weighted by Crippen LogP contribution is 2.12. The molecule has 0 saturated heterocycles. The SMILES string of the molecule is O=C(/C=C/Nc1ccc(I)cc1)c1cccs1. The Labute approximate surface area is 118 Å². The van der Waals surface area contributed by atoms with Gasteiger partial charge in [-0.2, -0.15) is 0 Å². The highest BCUT2D eigenvalue weighted by atomic mass is 127. The van der Waals surface area contributed by atoms with Crippen LogP contribution in [0.15, 0.2) is 54.1 Å². The van der Waals surface area contributed by atoms with E-state index in [0.29, 0.717) is 0 Å². The summed E-state index contributed by atoms with van der Waals surface area (Å²) in [6.07, 6.45) is 3.22. The fraction of sp³-hybridized carbons (Fsp3) is 0. The van der Waals surface area contributed by atoms with E-state index in [1.54, 1.807) is 12.3 Å². The smallest absolute Gasteiger partial charge is 0.197 e. The van der Waals surface area contributed by atoms with Crippen LogP contribution in [-0.2, 0) is 0 Å². The van der Waals surface area contributed by atoms with Crippen LogP contribution in [0.25, 0.3) is 0 Å². The molecule has 0 aliphatic rings. The molecule has 0 bridgehead atoms. The van der Waals surface area contributed by atoms with Crippen LogP contribution in [0, 0.1) is 3.57 Å². The fourth-order valence-corrected chi connectivity index (χ4v) is 2.27. The zero-order valence-corrected chi connectivity index (χ0v) is 11.9. The number of thiophene rings is 1. The third kappa shape index (κ3) is 3.67. The molecule has 1 aromatic heterocycles. The van der Waals surface area contributed by atoms with Gasteiger partial charge in [0.2, 0.25) is 0 Å². The molecule has 0 fully saturated rings. The van der Waals surface area contributed by atoms with Gasteiger partial charge in [-0.3, -0.25) is 4.79 Å². The average molecular weight is 355 g/mol. The highest BCUT2D eigenvalue weighted by Gasteiger charge is 2.00. The van der Waals surface area contributed by atoms with Gasteiger partial charge in [0.15, 0.2) is 5.78 Å². The van der Waals surface area contributed by atoms with Gasteiger partial charge in [0, 0.05) is 21.5 Å². The fourth-order valence-electron chi connectivity index (χ4n) is 1.26. The monoisotopic (exact) mass is 355 g/mol. The number of allylic oxidation sites excluding steroid dienone is 1. The topological polar surface area (TPSA) is 29.1 Å². The zero-order valence-electron chi connectivity index (χ0n) is 8.89. The van der Waals surface area contributed by atoms with Crippen LogP contribution in [0.1, 0.15) is 9.67 Å². The molecule has 0 unspecified atom stereocenters. The van der Waals surface area contributed by atoms with Crippen LogP contribution in [0.5, 0.6) is 0 Å². The van der Waals surface area contributed by atoms with E-state index in [9.17, 15) is 4.79 Å². The number of anilines is 1. The first kappa shape index (κ1) is 12.3. The first-order valence-electron chi connectivity index (χ1n) is 5.02. The number of nitrogens with one attached hydrogen (secondary N) is 1. The predicted molar refractivity (Wildman–Crippen MR) is 80.6 cm³/mol. The molecule has 17 heavy (non-hydrogen) atoms. The molecule has 2 aromatic rings. The first-order valence-corrected chi connectivity index (χ1v) is 6.98. The van der Waals surface area contributed by atoms with Crippen molar-refractivity contribution in [3.05, 3.63) is 62.5 Å². The molecule has 0 amide bonds. The molecular weight excluding hydrogens is 345 g/mol. The predicted octanol–water partition coefficient (Wildman–Crippen LogP) is 4.16. The molecule has 1 N–H and O–H groups in total. The molecule has 2 rings (SSSR count). The second-order valence-electron chi connectivity index (χ2n) is 3.33. The zero-order chi connectivity index (χ0) is 12.1. The van der Waals surface area contributed by atoms with Crippen molar-refractivity contribution in [1.29, 1.82) is 0 Å². The Morgan fingerprint density at radius 3 is 2.65 bits per heavy atom. The van der Waals surface area contributed by atoms with Gasteiger partial charge in [-0.25, -0.2) is 0 Å². The van der Waals surface area contributed by atoms with Crippen LogP contribution in [0.2, 0.25) is 0 Å². The molecule has 0 saturated carbocycles. The summed E-state index contributed by atoms with van der Waals surface area (Å²) < 4.78 is 1.19. The lowest BCUT2D eigenvalue weighted by Gasteiger charge is -1.99. The molecule has 4 heteroatoms. The number of rotatable bonds is 4. The molecule has 1 aromatic carbocycles. The Morgan fingerprint density at radius 2 is 2.00 bits per heavy atom. The van der Waals surface area contributed by atoms with E-state index in [4.69, 9.17) is 0 Å². The van der Waals surface area contributed by atoms with E-state index in [-0.39, 0.29) is 5.78 Å². The second-order valence-corrected chi connectivity index (χ2v) is 5.52. The van der Waals surface area contributed by atoms with Gasteiger partial charge >= 0.3 is 0 Å². The summed E-state index contributed by atoms with van der Waals surface area (Å²) in [6.45, 7) is 0. The van der Waals surface area contributed by atoms with Crippen molar-refractivity contribution in [2.45, 2.75) is 0 Å². The third-order valence-electron chi connectivity index (χ3n) is 2.09. The summed E-state index contributed by atoms with van der Waals surface area (Å²) in [5, 5.41) is 4.96. The maximum absolute atomic E-state index is 11.6. The van der Waals surface area contributed by atoms with E-state index < -0.39 is 0 Å². The summed E-state index contributed by atoms with van der Waals surface area (Å²) in [5.74, 6) is 0.0259. The van der Waals surface area contributed by atoms with E-state index in [0.717, 1.165) is 10.6 Å². The molecular formula is C13H10INOS. The van der Waals surface area contributed by atoms with Crippen LogP contribution in [0.3, 0.4) is 0 Å². The first-order chi connectivity index (χ1) is 8.25. The van der Waals surface area contributed by atoms with Crippen LogP contribution < -0.4 is 5.32 Å². The average Bonchev–Trinajstić information content (AvgIpc) is 2.85. The third-order valence-corrected chi connectivity index (χ3v) is 3.70. The van der Waals surface area contributed by atoms with Crippen LogP contribution in [0.4, 0.5) is 5.69 Å². The summed E-state index contributed by atoms with van der Waals surface area (Å²) in [7, 11) is 0. The van der Waals surface area contributed by atoms with Crippen molar-refractivity contribution >= 4 is 45.4 Å². The van der Waals surface area contributed by atoms with Crippen molar-refractivity contribution in [2.24, 2.45) is 0 Å².